The molecule has 24 heavy (non-hydrogen) atoms. The van der Waals surface area contributed by atoms with Gasteiger partial charge in [0.1, 0.15) is 0 Å². The molecule has 124 valence electrons. The lowest BCUT2D eigenvalue weighted by Crippen LogP contribution is -2.31. The smallest absolute Gasteiger partial charge is 0.153 e. The van der Waals surface area contributed by atoms with E-state index in [0.29, 0.717) is 5.88 Å². The summed E-state index contributed by atoms with van der Waals surface area (Å²) in [6.07, 6.45) is 1.87. The molecule has 0 saturated carbocycles. The van der Waals surface area contributed by atoms with E-state index in [1.54, 1.807) is 0 Å². The van der Waals surface area contributed by atoms with Crippen LogP contribution in [0.1, 0.15) is 28.1 Å². The molecule has 0 bridgehead atoms. The van der Waals surface area contributed by atoms with Gasteiger partial charge in [0.05, 0.1) is 5.52 Å². The van der Waals surface area contributed by atoms with Crippen LogP contribution in [0.25, 0.3) is 10.9 Å². The molecular weight excluding hydrogens is 318 g/mol. The summed E-state index contributed by atoms with van der Waals surface area (Å²) >= 11 is 5.98. The number of nitrogens with zero attached hydrogens (tertiary/aromatic N) is 2. The molecule has 1 aliphatic heterocycles. The molecule has 0 radical (unpaired) electrons. The number of halogens is 1. The summed E-state index contributed by atoms with van der Waals surface area (Å²) in [4.78, 5) is 10.9. The molecule has 2 aromatic heterocycles. The maximum absolute atomic E-state index is 5.98. The lowest BCUT2D eigenvalue weighted by Gasteiger charge is -2.30. The second-order valence-electron chi connectivity index (χ2n) is 6.61. The Balaban J connectivity index is 1.82. The Morgan fingerprint density at radius 3 is 2.79 bits per heavy atom. The van der Waals surface area contributed by atoms with E-state index in [-0.39, 0.29) is 0 Å². The SMILES string of the molecule is Cc1[nH]c2c(N3CCc4ccccc4C3)nc(CCCl)cc2c1C. The molecule has 3 aromatic rings. The Labute approximate surface area is 147 Å². The average molecular weight is 340 g/mol. The molecule has 4 heteroatoms. The van der Waals surface area contributed by atoms with E-state index in [9.17, 15) is 0 Å². The van der Waals surface area contributed by atoms with Crippen LogP contribution in [-0.4, -0.2) is 22.4 Å². The Hall–Kier alpha value is -2.00. The molecule has 0 amide bonds. The summed E-state index contributed by atoms with van der Waals surface area (Å²) in [5.41, 5.74) is 7.62. The minimum absolute atomic E-state index is 0.600. The van der Waals surface area contributed by atoms with Crippen molar-refractivity contribution in [3.05, 3.63) is 58.4 Å². The van der Waals surface area contributed by atoms with Gasteiger partial charge in [0.2, 0.25) is 0 Å². The lowest BCUT2D eigenvalue weighted by molar-refractivity contribution is 0.721. The van der Waals surface area contributed by atoms with Crippen molar-refractivity contribution in [2.75, 3.05) is 17.3 Å². The van der Waals surface area contributed by atoms with E-state index < -0.39 is 0 Å². The van der Waals surface area contributed by atoms with E-state index in [2.05, 4.69) is 54.1 Å². The molecule has 3 nitrogen and oxygen atoms in total. The van der Waals surface area contributed by atoms with Gasteiger partial charge in [-0.2, -0.15) is 0 Å². The number of nitrogens with one attached hydrogen (secondary N) is 1. The molecule has 1 N–H and O–H groups in total. The third kappa shape index (κ3) is 2.57. The summed E-state index contributed by atoms with van der Waals surface area (Å²) in [5, 5.41) is 1.27. The number of H-pyrrole nitrogens is 1. The van der Waals surface area contributed by atoms with Gasteiger partial charge < -0.3 is 9.88 Å². The van der Waals surface area contributed by atoms with E-state index in [1.165, 1.54) is 27.8 Å². The molecule has 1 aromatic carbocycles. The van der Waals surface area contributed by atoms with Gasteiger partial charge in [0, 0.05) is 42.2 Å². The number of fused-ring (bicyclic) bond motifs is 2. The van der Waals surface area contributed by atoms with Gasteiger partial charge >= 0.3 is 0 Å². The molecular formula is C20H22ClN3. The molecule has 0 aliphatic carbocycles. The zero-order chi connectivity index (χ0) is 16.7. The van der Waals surface area contributed by atoms with Crippen LogP contribution >= 0.6 is 11.6 Å². The van der Waals surface area contributed by atoms with Crippen molar-refractivity contribution in [1.82, 2.24) is 9.97 Å². The van der Waals surface area contributed by atoms with Crippen LogP contribution in [0.2, 0.25) is 0 Å². The molecule has 0 spiro atoms. The van der Waals surface area contributed by atoms with Crippen molar-refractivity contribution in [3.63, 3.8) is 0 Å². The van der Waals surface area contributed by atoms with Crippen molar-refractivity contribution < 1.29 is 0 Å². The van der Waals surface area contributed by atoms with Gasteiger partial charge in [-0.3, -0.25) is 0 Å². The summed E-state index contributed by atoms with van der Waals surface area (Å²) in [7, 11) is 0. The van der Waals surface area contributed by atoms with Crippen molar-refractivity contribution in [1.29, 1.82) is 0 Å². The third-order valence-corrected chi connectivity index (χ3v) is 5.30. The molecule has 0 atom stereocenters. The second-order valence-corrected chi connectivity index (χ2v) is 6.99. The number of alkyl halides is 1. The summed E-state index contributed by atoms with van der Waals surface area (Å²) in [5.74, 6) is 1.67. The van der Waals surface area contributed by atoms with Crippen LogP contribution in [0.15, 0.2) is 30.3 Å². The first-order chi connectivity index (χ1) is 11.7. The average Bonchev–Trinajstić information content (AvgIpc) is 2.89. The highest BCUT2D eigenvalue weighted by Crippen LogP contribution is 2.32. The Morgan fingerprint density at radius 2 is 2.00 bits per heavy atom. The fourth-order valence-electron chi connectivity index (χ4n) is 3.62. The fraction of sp³-hybridized carbons (Fsp3) is 0.350. The number of hydrogen-bond donors (Lipinski definition) is 1. The maximum Gasteiger partial charge on any atom is 0.153 e. The van der Waals surface area contributed by atoms with Crippen molar-refractivity contribution in [3.8, 4) is 0 Å². The van der Waals surface area contributed by atoms with Crippen LogP contribution in [0.3, 0.4) is 0 Å². The van der Waals surface area contributed by atoms with Crippen LogP contribution in [0, 0.1) is 13.8 Å². The van der Waals surface area contributed by atoms with Crippen LogP contribution < -0.4 is 4.90 Å². The molecule has 0 saturated heterocycles. The maximum atomic E-state index is 5.98. The highest BCUT2D eigenvalue weighted by molar-refractivity contribution is 6.18. The quantitative estimate of drug-likeness (QED) is 0.711. The van der Waals surface area contributed by atoms with E-state index >= 15 is 0 Å². The number of aromatic nitrogens is 2. The lowest BCUT2D eigenvalue weighted by atomic mass is 10.00. The minimum Gasteiger partial charge on any atom is -0.355 e. The van der Waals surface area contributed by atoms with E-state index in [4.69, 9.17) is 16.6 Å². The summed E-state index contributed by atoms with van der Waals surface area (Å²) < 4.78 is 0. The van der Waals surface area contributed by atoms with Gasteiger partial charge in [-0.15, -0.1) is 11.6 Å². The van der Waals surface area contributed by atoms with Gasteiger partial charge in [-0.1, -0.05) is 24.3 Å². The van der Waals surface area contributed by atoms with Crippen molar-refractivity contribution >= 4 is 28.3 Å². The first-order valence-electron chi connectivity index (χ1n) is 8.54. The number of aromatic amines is 1. The van der Waals surface area contributed by atoms with Crippen LogP contribution in [0.4, 0.5) is 5.82 Å². The molecule has 3 heterocycles. The van der Waals surface area contributed by atoms with Gasteiger partial charge in [-0.25, -0.2) is 4.98 Å². The monoisotopic (exact) mass is 339 g/mol. The number of rotatable bonds is 3. The predicted octanol–water partition coefficient (Wildman–Crippen LogP) is 4.52. The Kier molecular flexibility index (Phi) is 3.97. The topological polar surface area (TPSA) is 31.9 Å². The Morgan fingerprint density at radius 1 is 1.21 bits per heavy atom. The minimum atomic E-state index is 0.600. The van der Waals surface area contributed by atoms with Crippen LogP contribution in [-0.2, 0) is 19.4 Å². The number of hydrogen-bond acceptors (Lipinski definition) is 2. The van der Waals surface area contributed by atoms with Crippen LogP contribution in [0.5, 0.6) is 0 Å². The zero-order valence-corrected chi connectivity index (χ0v) is 15.0. The van der Waals surface area contributed by atoms with Crippen molar-refractivity contribution in [2.45, 2.75) is 33.2 Å². The Bertz CT molecular complexity index is 897. The largest absolute Gasteiger partial charge is 0.355 e. The molecule has 0 unspecified atom stereocenters. The van der Waals surface area contributed by atoms with Crippen molar-refractivity contribution in [2.24, 2.45) is 0 Å². The molecule has 1 aliphatic rings. The standard InChI is InChI=1S/C20H22ClN3/c1-13-14(2)22-19-18(13)11-17(7-9-21)23-20(19)24-10-8-15-5-3-4-6-16(15)12-24/h3-6,11,22H,7-10,12H2,1-2H3. The number of benzene rings is 1. The third-order valence-electron chi connectivity index (χ3n) is 5.11. The first-order valence-corrected chi connectivity index (χ1v) is 9.07. The van der Waals surface area contributed by atoms with E-state index in [1.807, 2.05) is 0 Å². The van der Waals surface area contributed by atoms with Gasteiger partial charge in [0.15, 0.2) is 5.82 Å². The number of aryl methyl sites for hydroxylation is 3. The highest BCUT2D eigenvalue weighted by atomic mass is 35.5. The summed E-state index contributed by atoms with van der Waals surface area (Å²) in [6.45, 7) is 6.22. The second kappa shape index (κ2) is 6.14. The summed E-state index contributed by atoms with van der Waals surface area (Å²) in [6, 6.07) is 10.9. The normalized spacial score (nSPS) is 14.2. The molecule has 4 rings (SSSR count). The number of anilines is 1. The van der Waals surface area contributed by atoms with Gasteiger partial charge in [-0.05, 0) is 43.0 Å². The molecule has 0 fully saturated rings. The van der Waals surface area contributed by atoms with E-state index in [0.717, 1.165) is 43.0 Å². The first kappa shape index (κ1) is 15.5. The van der Waals surface area contributed by atoms with Gasteiger partial charge in [0.25, 0.3) is 0 Å². The zero-order valence-electron chi connectivity index (χ0n) is 14.2. The predicted molar refractivity (Wildman–Crippen MR) is 101 cm³/mol. The number of pyridine rings is 1. The highest BCUT2D eigenvalue weighted by Gasteiger charge is 2.21. The fourth-order valence-corrected chi connectivity index (χ4v) is 3.81.